The maximum Gasteiger partial charge on any atom is 0.239 e. The lowest BCUT2D eigenvalue weighted by atomic mass is 10.2. The van der Waals surface area contributed by atoms with Crippen molar-refractivity contribution in [1.29, 1.82) is 0 Å². The second-order valence-corrected chi connectivity index (χ2v) is 4.62. The van der Waals surface area contributed by atoms with Crippen molar-refractivity contribution in [2.45, 2.75) is 0 Å². The van der Waals surface area contributed by atoms with Crippen LogP contribution in [0, 0.1) is 0 Å². The molecule has 1 aliphatic rings. The van der Waals surface area contributed by atoms with Crippen LogP contribution in [0.4, 0.5) is 11.4 Å². The molecule has 0 saturated carbocycles. The summed E-state index contributed by atoms with van der Waals surface area (Å²) >= 11 is 11.7. The molecule has 1 aliphatic heterocycles. The molecule has 1 aromatic rings. The van der Waals surface area contributed by atoms with Crippen LogP contribution in [0.25, 0.3) is 0 Å². The first-order valence-electron chi connectivity index (χ1n) is 5.69. The van der Waals surface area contributed by atoms with E-state index in [0.29, 0.717) is 23.9 Å². The zero-order valence-corrected chi connectivity index (χ0v) is 11.3. The number of morpholine rings is 1. The first kappa shape index (κ1) is 13.5. The molecule has 6 heteroatoms. The number of amides is 1. The molecule has 1 amide bonds. The number of anilines is 2. The Kier molecular flexibility index (Phi) is 4.69. The summed E-state index contributed by atoms with van der Waals surface area (Å²) in [5, 5.41) is 3.28. The first-order chi connectivity index (χ1) is 8.70. The van der Waals surface area contributed by atoms with E-state index in [4.69, 9.17) is 27.9 Å². The monoisotopic (exact) mass is 288 g/mol. The zero-order valence-electron chi connectivity index (χ0n) is 9.79. The Bertz CT molecular complexity index is 434. The van der Waals surface area contributed by atoms with E-state index in [1.165, 1.54) is 0 Å². The molecule has 0 radical (unpaired) electrons. The maximum atomic E-state index is 11.2. The van der Waals surface area contributed by atoms with Gasteiger partial charge in [0.15, 0.2) is 0 Å². The molecular formula is C12H14Cl2N2O2. The Balaban J connectivity index is 2.11. The fourth-order valence-corrected chi connectivity index (χ4v) is 2.21. The molecule has 1 heterocycles. The number of benzene rings is 1. The van der Waals surface area contributed by atoms with E-state index in [2.05, 4.69) is 10.2 Å². The molecular weight excluding hydrogens is 275 g/mol. The van der Waals surface area contributed by atoms with E-state index in [0.717, 1.165) is 18.8 Å². The van der Waals surface area contributed by atoms with Crippen LogP contribution >= 0.6 is 23.2 Å². The van der Waals surface area contributed by atoms with Crippen LogP contribution in [0.15, 0.2) is 18.2 Å². The lowest BCUT2D eigenvalue weighted by Crippen LogP contribution is -2.36. The number of alkyl halides is 1. The molecule has 0 aliphatic carbocycles. The van der Waals surface area contributed by atoms with Gasteiger partial charge < -0.3 is 15.0 Å². The van der Waals surface area contributed by atoms with Crippen molar-refractivity contribution in [2.75, 3.05) is 42.4 Å². The molecule has 1 N–H and O–H groups in total. The van der Waals surface area contributed by atoms with Gasteiger partial charge in [-0.1, -0.05) is 11.6 Å². The smallest absolute Gasteiger partial charge is 0.239 e. The number of carbonyl (C=O) groups is 1. The van der Waals surface area contributed by atoms with Crippen molar-refractivity contribution in [1.82, 2.24) is 0 Å². The highest BCUT2D eigenvalue weighted by Gasteiger charge is 2.14. The highest BCUT2D eigenvalue weighted by Crippen LogP contribution is 2.29. The summed E-state index contributed by atoms with van der Waals surface area (Å²) in [6.07, 6.45) is 0. The van der Waals surface area contributed by atoms with E-state index >= 15 is 0 Å². The molecule has 2 rings (SSSR count). The van der Waals surface area contributed by atoms with Crippen molar-refractivity contribution in [3.05, 3.63) is 23.2 Å². The van der Waals surface area contributed by atoms with Gasteiger partial charge in [-0.25, -0.2) is 0 Å². The summed E-state index contributed by atoms with van der Waals surface area (Å²) in [5.74, 6) is -0.310. The average Bonchev–Trinajstić information content (AvgIpc) is 2.40. The molecule has 0 aromatic heterocycles. The van der Waals surface area contributed by atoms with Crippen LogP contribution < -0.4 is 10.2 Å². The number of nitrogens with one attached hydrogen (secondary N) is 1. The molecule has 1 saturated heterocycles. The van der Waals surface area contributed by atoms with Gasteiger partial charge in [0.2, 0.25) is 5.91 Å². The summed E-state index contributed by atoms with van der Waals surface area (Å²) in [5.41, 5.74) is 1.62. The van der Waals surface area contributed by atoms with Crippen LogP contribution in [0.1, 0.15) is 0 Å². The number of hydrogen-bond acceptors (Lipinski definition) is 3. The second-order valence-electron chi connectivity index (χ2n) is 3.95. The predicted molar refractivity (Wildman–Crippen MR) is 73.8 cm³/mol. The molecule has 98 valence electrons. The normalized spacial score (nSPS) is 15.6. The Morgan fingerprint density at radius 1 is 1.39 bits per heavy atom. The minimum Gasteiger partial charge on any atom is -0.378 e. The standard InChI is InChI=1S/C12H14Cl2N2O2/c13-8-12(17)15-9-1-2-11(10(14)7-9)16-3-5-18-6-4-16/h1-2,7H,3-6,8H2,(H,15,17). The Labute approximate surface area is 116 Å². The summed E-state index contributed by atoms with van der Waals surface area (Å²) in [6, 6.07) is 5.45. The summed E-state index contributed by atoms with van der Waals surface area (Å²) in [4.78, 5) is 13.3. The number of rotatable bonds is 3. The largest absolute Gasteiger partial charge is 0.378 e. The fraction of sp³-hybridized carbons (Fsp3) is 0.417. The van der Waals surface area contributed by atoms with Gasteiger partial charge in [-0.15, -0.1) is 11.6 Å². The van der Waals surface area contributed by atoms with Gasteiger partial charge in [-0.3, -0.25) is 4.79 Å². The third-order valence-electron chi connectivity index (χ3n) is 2.70. The summed E-state index contributed by atoms with van der Waals surface area (Å²) in [6.45, 7) is 3.07. The topological polar surface area (TPSA) is 41.6 Å². The molecule has 1 fully saturated rings. The van der Waals surface area contributed by atoms with E-state index in [1.54, 1.807) is 6.07 Å². The molecule has 0 atom stereocenters. The second kappa shape index (κ2) is 6.27. The van der Waals surface area contributed by atoms with Crippen molar-refractivity contribution in [2.24, 2.45) is 0 Å². The van der Waals surface area contributed by atoms with Gasteiger partial charge in [0.1, 0.15) is 5.88 Å². The molecule has 0 bridgehead atoms. The van der Waals surface area contributed by atoms with Gasteiger partial charge >= 0.3 is 0 Å². The van der Waals surface area contributed by atoms with Gasteiger partial charge in [0, 0.05) is 18.8 Å². The van der Waals surface area contributed by atoms with E-state index in [9.17, 15) is 4.79 Å². The third-order valence-corrected chi connectivity index (χ3v) is 3.25. The first-order valence-corrected chi connectivity index (χ1v) is 6.60. The summed E-state index contributed by atoms with van der Waals surface area (Å²) < 4.78 is 5.30. The lowest BCUT2D eigenvalue weighted by Gasteiger charge is -2.29. The van der Waals surface area contributed by atoms with Gasteiger partial charge in [0.05, 0.1) is 23.9 Å². The number of ether oxygens (including phenoxy) is 1. The average molecular weight is 289 g/mol. The van der Waals surface area contributed by atoms with Gasteiger partial charge in [-0.2, -0.15) is 0 Å². The quantitative estimate of drug-likeness (QED) is 0.868. The van der Waals surface area contributed by atoms with Crippen molar-refractivity contribution in [3.8, 4) is 0 Å². The predicted octanol–water partition coefficient (Wildman–Crippen LogP) is 2.35. The molecule has 4 nitrogen and oxygen atoms in total. The van der Waals surface area contributed by atoms with E-state index < -0.39 is 0 Å². The van der Waals surface area contributed by atoms with E-state index in [1.807, 2.05) is 12.1 Å². The summed E-state index contributed by atoms with van der Waals surface area (Å²) in [7, 11) is 0. The molecule has 0 unspecified atom stereocenters. The third kappa shape index (κ3) is 3.28. The van der Waals surface area contributed by atoms with E-state index in [-0.39, 0.29) is 11.8 Å². The van der Waals surface area contributed by atoms with Crippen molar-refractivity contribution in [3.63, 3.8) is 0 Å². The Morgan fingerprint density at radius 3 is 2.72 bits per heavy atom. The zero-order chi connectivity index (χ0) is 13.0. The molecule has 18 heavy (non-hydrogen) atoms. The minimum atomic E-state index is -0.244. The van der Waals surface area contributed by atoms with Crippen molar-refractivity contribution >= 4 is 40.5 Å². The van der Waals surface area contributed by atoms with Gasteiger partial charge in [0.25, 0.3) is 0 Å². The van der Waals surface area contributed by atoms with Crippen LogP contribution in [0.3, 0.4) is 0 Å². The number of carbonyl (C=O) groups excluding carboxylic acids is 1. The SMILES string of the molecule is O=C(CCl)Nc1ccc(N2CCOCC2)c(Cl)c1. The molecule has 0 spiro atoms. The maximum absolute atomic E-state index is 11.2. The fourth-order valence-electron chi connectivity index (χ4n) is 1.84. The molecule has 1 aromatic carbocycles. The number of hydrogen-bond donors (Lipinski definition) is 1. The van der Waals surface area contributed by atoms with Gasteiger partial charge in [-0.05, 0) is 18.2 Å². The van der Waals surface area contributed by atoms with Crippen LogP contribution in [-0.4, -0.2) is 38.1 Å². The number of nitrogens with zero attached hydrogens (tertiary/aromatic N) is 1. The van der Waals surface area contributed by atoms with Crippen LogP contribution in [0.2, 0.25) is 5.02 Å². The number of halogens is 2. The Morgan fingerprint density at radius 2 is 2.11 bits per heavy atom. The Hall–Kier alpha value is -0.970. The van der Waals surface area contributed by atoms with Crippen molar-refractivity contribution < 1.29 is 9.53 Å². The highest BCUT2D eigenvalue weighted by molar-refractivity contribution is 6.33. The van der Waals surface area contributed by atoms with Crippen LogP contribution in [-0.2, 0) is 9.53 Å². The minimum absolute atomic E-state index is 0.0666. The van der Waals surface area contributed by atoms with Crippen LogP contribution in [0.5, 0.6) is 0 Å². The highest BCUT2D eigenvalue weighted by atomic mass is 35.5. The lowest BCUT2D eigenvalue weighted by molar-refractivity contribution is -0.113.